The van der Waals surface area contributed by atoms with Crippen LogP contribution in [0.2, 0.25) is 0 Å². The second-order valence-electron chi connectivity index (χ2n) is 1.54. The summed E-state index contributed by atoms with van der Waals surface area (Å²) in [6.07, 6.45) is -0.177. The third kappa shape index (κ3) is 3.96. The molecule has 0 aliphatic carbocycles. The first-order valence-corrected chi connectivity index (χ1v) is 3.11. The molecule has 2 amide bonds. The summed E-state index contributed by atoms with van der Waals surface area (Å²) in [6.45, 7) is 0. The molecule has 0 heterocycles. The van der Waals surface area contributed by atoms with Crippen LogP contribution in [0.25, 0.3) is 0 Å². The number of amides is 2. The van der Waals surface area contributed by atoms with Gasteiger partial charge < -0.3 is 10.6 Å². The normalized spacial score (nSPS) is 8.10. The number of carbonyl (C=O) groups excluding carboxylic acids is 2. The van der Waals surface area contributed by atoms with E-state index in [1.54, 1.807) is 0 Å². The minimum atomic E-state index is -0.394. The Labute approximate surface area is 64.0 Å². The van der Waals surface area contributed by atoms with Crippen LogP contribution in [0.1, 0.15) is 6.42 Å². The van der Waals surface area contributed by atoms with Crippen LogP contribution < -0.4 is 10.6 Å². The maximum atomic E-state index is 10.5. The number of rotatable bonds is 3. The molecule has 0 aliphatic heterocycles. The van der Waals surface area contributed by atoms with Gasteiger partial charge in [0.1, 0.15) is 6.42 Å². The van der Waals surface area contributed by atoms with E-state index in [1.807, 2.05) is 0 Å². The van der Waals surface area contributed by atoms with Gasteiger partial charge in [-0.15, -0.1) is 0 Å². The van der Waals surface area contributed by atoms with Crippen molar-refractivity contribution in [3.05, 3.63) is 0 Å². The van der Waals surface area contributed by atoms with Gasteiger partial charge in [-0.2, -0.15) is 0 Å². The number of thiocarbonyl (C=S) groups is 1. The summed E-state index contributed by atoms with van der Waals surface area (Å²) in [4.78, 5) is 21.0. The van der Waals surface area contributed by atoms with Crippen molar-refractivity contribution < 1.29 is 9.59 Å². The van der Waals surface area contributed by atoms with Crippen molar-refractivity contribution in [3.8, 4) is 0 Å². The predicted octanol–water partition coefficient (Wildman–Crippen LogP) is -0.804. The number of carbonyl (C=O) groups is 2. The Balaban J connectivity index is 3.57. The molecule has 0 unspecified atom stereocenters. The molecule has 56 valence electrons. The van der Waals surface area contributed by atoms with Gasteiger partial charge in [0.2, 0.25) is 11.8 Å². The van der Waals surface area contributed by atoms with Gasteiger partial charge in [-0.1, -0.05) is 12.2 Å². The van der Waals surface area contributed by atoms with E-state index in [4.69, 9.17) is 0 Å². The Hall–Kier alpha value is -0.970. The lowest BCUT2D eigenvalue weighted by atomic mass is 10.4. The summed E-state index contributed by atoms with van der Waals surface area (Å²) in [7, 11) is 1.47. The lowest BCUT2D eigenvalue weighted by Gasteiger charge is -1.96. The molecule has 10 heavy (non-hydrogen) atoms. The zero-order chi connectivity index (χ0) is 7.98. The Morgan fingerprint density at radius 3 is 2.50 bits per heavy atom. The fourth-order valence-corrected chi connectivity index (χ4v) is 0.482. The van der Waals surface area contributed by atoms with Gasteiger partial charge in [0, 0.05) is 7.05 Å². The molecule has 0 aromatic carbocycles. The predicted molar refractivity (Wildman–Crippen MR) is 40.5 cm³/mol. The highest BCUT2D eigenvalue weighted by molar-refractivity contribution is 7.78. The van der Waals surface area contributed by atoms with Crippen LogP contribution >= 0.6 is 12.2 Å². The second-order valence-corrected chi connectivity index (χ2v) is 1.77. The van der Waals surface area contributed by atoms with Gasteiger partial charge in [-0.05, 0) is 0 Å². The van der Waals surface area contributed by atoms with Crippen molar-refractivity contribution in [1.82, 2.24) is 10.6 Å². The van der Waals surface area contributed by atoms with E-state index in [0.717, 1.165) is 5.49 Å². The van der Waals surface area contributed by atoms with Crippen LogP contribution in [-0.4, -0.2) is 24.4 Å². The maximum Gasteiger partial charge on any atom is 0.233 e. The van der Waals surface area contributed by atoms with E-state index < -0.39 is 5.91 Å². The van der Waals surface area contributed by atoms with Crippen LogP contribution in [0.5, 0.6) is 0 Å². The van der Waals surface area contributed by atoms with Gasteiger partial charge in [0.25, 0.3) is 0 Å². The minimum Gasteiger partial charge on any atom is -0.359 e. The van der Waals surface area contributed by atoms with Gasteiger partial charge >= 0.3 is 0 Å². The summed E-state index contributed by atoms with van der Waals surface area (Å²) in [6, 6.07) is 0. The summed E-state index contributed by atoms with van der Waals surface area (Å²) in [5.74, 6) is -0.719. The molecule has 0 aromatic heterocycles. The molecule has 0 atom stereocenters. The summed E-state index contributed by atoms with van der Waals surface area (Å²) >= 11 is 4.33. The molecule has 4 nitrogen and oxygen atoms in total. The first-order valence-electron chi connectivity index (χ1n) is 2.64. The van der Waals surface area contributed by atoms with Crippen molar-refractivity contribution in [3.63, 3.8) is 0 Å². The maximum absolute atomic E-state index is 10.5. The van der Waals surface area contributed by atoms with Crippen molar-refractivity contribution >= 4 is 29.5 Å². The topological polar surface area (TPSA) is 58.2 Å². The summed E-state index contributed by atoms with van der Waals surface area (Å²) < 4.78 is 0. The minimum absolute atomic E-state index is 0.177. The average molecular weight is 160 g/mol. The molecule has 0 rings (SSSR count). The first kappa shape index (κ1) is 9.03. The zero-order valence-electron chi connectivity index (χ0n) is 5.51. The lowest BCUT2D eigenvalue weighted by molar-refractivity contribution is -0.128. The number of hydrogen-bond acceptors (Lipinski definition) is 3. The van der Waals surface area contributed by atoms with Crippen molar-refractivity contribution in [2.75, 3.05) is 7.05 Å². The molecule has 0 saturated carbocycles. The third-order valence-electron chi connectivity index (χ3n) is 0.820. The molecule has 0 aromatic rings. The Morgan fingerprint density at radius 1 is 1.50 bits per heavy atom. The molecule has 0 saturated heterocycles. The Bertz CT molecular complexity index is 158. The Kier molecular flexibility index (Phi) is 4.39. The quantitative estimate of drug-likeness (QED) is 0.419. The smallest absolute Gasteiger partial charge is 0.233 e. The van der Waals surface area contributed by atoms with Gasteiger partial charge in [0.05, 0.1) is 5.49 Å². The van der Waals surface area contributed by atoms with E-state index in [0.29, 0.717) is 0 Å². The molecule has 5 heteroatoms. The molecule has 0 bridgehead atoms. The first-order chi connectivity index (χ1) is 4.70. The van der Waals surface area contributed by atoms with Crippen molar-refractivity contribution in [2.24, 2.45) is 0 Å². The molecule has 0 fully saturated rings. The monoisotopic (exact) mass is 160 g/mol. The van der Waals surface area contributed by atoms with Gasteiger partial charge in [-0.3, -0.25) is 9.59 Å². The number of hydrogen-bond donors (Lipinski definition) is 2. The lowest BCUT2D eigenvalue weighted by Crippen LogP contribution is -2.28. The summed E-state index contributed by atoms with van der Waals surface area (Å²) in [5.41, 5.74) is 1.07. The van der Waals surface area contributed by atoms with E-state index in [2.05, 4.69) is 22.9 Å². The highest BCUT2D eigenvalue weighted by Crippen LogP contribution is 1.76. The standard InChI is InChI=1S/C5H8N2O2S/c1-6-4(8)2-5(9)7-3-10/h3H,2H2,1H3,(H,6,8)(H,7,9,10). The fraction of sp³-hybridized carbons (Fsp3) is 0.400. The van der Waals surface area contributed by atoms with Crippen molar-refractivity contribution in [1.29, 1.82) is 0 Å². The molecular weight excluding hydrogens is 152 g/mol. The van der Waals surface area contributed by atoms with E-state index in [9.17, 15) is 9.59 Å². The van der Waals surface area contributed by atoms with E-state index >= 15 is 0 Å². The second kappa shape index (κ2) is 4.87. The fourth-order valence-electron chi connectivity index (χ4n) is 0.351. The average Bonchev–Trinajstić information content (AvgIpc) is 1.88. The molecule has 0 spiro atoms. The van der Waals surface area contributed by atoms with Crippen LogP contribution in [0, 0.1) is 0 Å². The van der Waals surface area contributed by atoms with Crippen LogP contribution in [0.4, 0.5) is 0 Å². The van der Waals surface area contributed by atoms with E-state index in [1.165, 1.54) is 7.05 Å². The molecule has 2 N–H and O–H groups in total. The van der Waals surface area contributed by atoms with E-state index in [-0.39, 0.29) is 12.3 Å². The van der Waals surface area contributed by atoms with Gasteiger partial charge in [-0.25, -0.2) is 0 Å². The van der Waals surface area contributed by atoms with Crippen LogP contribution in [0.3, 0.4) is 0 Å². The zero-order valence-corrected chi connectivity index (χ0v) is 6.33. The van der Waals surface area contributed by atoms with Crippen LogP contribution in [-0.2, 0) is 9.59 Å². The highest BCUT2D eigenvalue weighted by Gasteiger charge is 2.04. The van der Waals surface area contributed by atoms with Crippen LogP contribution in [0.15, 0.2) is 0 Å². The third-order valence-corrected chi connectivity index (χ3v) is 0.938. The highest BCUT2D eigenvalue weighted by atomic mass is 32.1. The molecule has 0 aliphatic rings. The number of nitrogens with one attached hydrogen (secondary N) is 2. The SMILES string of the molecule is CNC(=O)CC(=O)NC=S. The molecular formula is C5H8N2O2S. The molecule has 0 radical (unpaired) electrons. The Morgan fingerprint density at radius 2 is 2.10 bits per heavy atom. The van der Waals surface area contributed by atoms with Crippen molar-refractivity contribution in [2.45, 2.75) is 6.42 Å². The van der Waals surface area contributed by atoms with Gasteiger partial charge in [0.15, 0.2) is 0 Å². The summed E-state index contributed by atoms with van der Waals surface area (Å²) in [5, 5.41) is 4.51. The largest absolute Gasteiger partial charge is 0.359 e.